The number of ketones is 1. The molecule has 6 nitrogen and oxygen atoms in total. The third kappa shape index (κ3) is 5.73. The van der Waals surface area contributed by atoms with E-state index in [-0.39, 0.29) is 18.1 Å². The number of halogens is 1. The fourth-order valence-electron chi connectivity index (χ4n) is 3.92. The first kappa shape index (κ1) is 22.9. The SMILES string of the molecule is N=C(c1ccc(C(=O)Cc2ccccc2C(=O)Nc2ccc(Br)cn2)cc1)N1CCCCC1. The molecule has 168 valence electrons. The van der Waals surface area contributed by atoms with Gasteiger partial charge in [-0.3, -0.25) is 15.0 Å². The number of amidine groups is 1. The second kappa shape index (κ2) is 10.5. The first-order valence-electron chi connectivity index (χ1n) is 11.0. The number of carbonyl (C=O) groups is 2. The zero-order chi connectivity index (χ0) is 23.2. The van der Waals surface area contributed by atoms with E-state index in [1.54, 1.807) is 48.7 Å². The Morgan fingerprint density at radius 1 is 0.939 bits per heavy atom. The number of benzene rings is 2. The van der Waals surface area contributed by atoms with E-state index in [1.165, 1.54) is 6.42 Å². The summed E-state index contributed by atoms with van der Waals surface area (Å²) in [5.74, 6) is 0.569. The lowest BCUT2D eigenvalue weighted by Gasteiger charge is -2.29. The number of piperidine rings is 1. The van der Waals surface area contributed by atoms with Crippen molar-refractivity contribution in [2.75, 3.05) is 18.4 Å². The molecule has 4 rings (SSSR count). The van der Waals surface area contributed by atoms with Crippen LogP contribution >= 0.6 is 15.9 Å². The normalized spacial score (nSPS) is 13.4. The lowest BCUT2D eigenvalue weighted by molar-refractivity contribution is 0.0992. The Bertz CT molecular complexity index is 1150. The van der Waals surface area contributed by atoms with Gasteiger partial charge in [-0.15, -0.1) is 0 Å². The van der Waals surface area contributed by atoms with Crippen LogP contribution in [0, 0.1) is 5.41 Å². The van der Waals surface area contributed by atoms with Crippen molar-refractivity contribution in [1.82, 2.24) is 9.88 Å². The topological polar surface area (TPSA) is 86.1 Å². The molecule has 0 bridgehead atoms. The van der Waals surface area contributed by atoms with Gasteiger partial charge in [0.1, 0.15) is 11.7 Å². The second-order valence-electron chi connectivity index (χ2n) is 8.05. The molecule has 1 aromatic heterocycles. The van der Waals surface area contributed by atoms with Crippen LogP contribution in [0.5, 0.6) is 0 Å². The molecule has 0 aliphatic carbocycles. The highest BCUT2D eigenvalue weighted by Gasteiger charge is 2.17. The van der Waals surface area contributed by atoms with Crippen LogP contribution in [0.1, 0.15) is 51.1 Å². The molecule has 7 heteroatoms. The molecule has 1 saturated heterocycles. The maximum absolute atomic E-state index is 13.0. The highest BCUT2D eigenvalue weighted by atomic mass is 79.9. The van der Waals surface area contributed by atoms with E-state index in [1.807, 2.05) is 18.2 Å². The van der Waals surface area contributed by atoms with Gasteiger partial charge in [-0.05, 0) is 59.0 Å². The highest BCUT2D eigenvalue weighted by molar-refractivity contribution is 9.10. The number of nitrogens with one attached hydrogen (secondary N) is 2. The number of carbonyl (C=O) groups excluding carboxylic acids is 2. The Labute approximate surface area is 201 Å². The number of amides is 1. The first-order valence-corrected chi connectivity index (χ1v) is 11.8. The molecule has 1 fully saturated rings. The number of pyridine rings is 1. The van der Waals surface area contributed by atoms with Gasteiger partial charge in [-0.1, -0.05) is 42.5 Å². The maximum Gasteiger partial charge on any atom is 0.257 e. The summed E-state index contributed by atoms with van der Waals surface area (Å²) in [4.78, 5) is 32.0. The molecule has 2 aromatic carbocycles. The van der Waals surface area contributed by atoms with Gasteiger partial charge < -0.3 is 10.2 Å². The molecule has 0 atom stereocenters. The van der Waals surface area contributed by atoms with Crippen molar-refractivity contribution in [3.63, 3.8) is 0 Å². The first-order chi connectivity index (χ1) is 16.0. The summed E-state index contributed by atoms with van der Waals surface area (Å²) in [7, 11) is 0. The average molecular weight is 505 g/mol. The van der Waals surface area contributed by atoms with Crippen LogP contribution in [0.15, 0.2) is 71.3 Å². The minimum absolute atomic E-state index is 0.0759. The molecule has 1 aliphatic heterocycles. The molecule has 3 aromatic rings. The number of rotatable bonds is 6. The number of nitrogens with zero attached hydrogens (tertiary/aromatic N) is 2. The standard InChI is InChI=1S/C26H25BrN4O2/c27-21-12-13-24(29-17-21)30-26(33)22-7-3-2-6-20(22)16-23(32)18-8-10-19(11-9-18)25(28)31-14-4-1-5-15-31/h2-3,6-13,17,28H,1,4-5,14-16H2,(H,29,30,33). The number of hydrogen-bond donors (Lipinski definition) is 2. The van der Waals surface area contributed by atoms with E-state index in [2.05, 4.69) is 31.1 Å². The Morgan fingerprint density at radius 2 is 1.64 bits per heavy atom. The highest BCUT2D eigenvalue weighted by Crippen LogP contribution is 2.18. The number of hydrogen-bond acceptors (Lipinski definition) is 4. The summed E-state index contributed by atoms with van der Waals surface area (Å²) in [5, 5.41) is 11.2. The second-order valence-corrected chi connectivity index (χ2v) is 8.96. The van der Waals surface area contributed by atoms with E-state index in [0.29, 0.717) is 28.3 Å². The molecule has 1 aliphatic rings. The molecular formula is C26H25BrN4O2. The van der Waals surface area contributed by atoms with Crippen LogP contribution in [0.3, 0.4) is 0 Å². The summed E-state index contributed by atoms with van der Waals surface area (Å²) in [6.45, 7) is 1.82. The van der Waals surface area contributed by atoms with E-state index in [4.69, 9.17) is 5.41 Å². The molecule has 33 heavy (non-hydrogen) atoms. The van der Waals surface area contributed by atoms with Crippen molar-refractivity contribution in [2.45, 2.75) is 25.7 Å². The van der Waals surface area contributed by atoms with E-state index < -0.39 is 0 Å². The number of aromatic nitrogens is 1. The fraction of sp³-hybridized carbons (Fsp3) is 0.231. The molecular weight excluding hydrogens is 480 g/mol. The maximum atomic E-state index is 13.0. The lowest BCUT2D eigenvalue weighted by Crippen LogP contribution is -2.35. The summed E-state index contributed by atoms with van der Waals surface area (Å²) < 4.78 is 0.823. The number of likely N-dealkylation sites (tertiary alicyclic amines) is 1. The third-order valence-corrected chi connectivity index (χ3v) is 6.20. The summed E-state index contributed by atoms with van der Waals surface area (Å²) in [5.41, 5.74) is 2.48. The van der Waals surface area contributed by atoms with Crippen LogP contribution in [0.4, 0.5) is 5.82 Å². The van der Waals surface area contributed by atoms with Crippen molar-refractivity contribution >= 4 is 39.3 Å². The van der Waals surface area contributed by atoms with Gasteiger partial charge in [-0.2, -0.15) is 0 Å². The molecule has 0 radical (unpaired) electrons. The van der Waals surface area contributed by atoms with Gasteiger partial charge >= 0.3 is 0 Å². The van der Waals surface area contributed by atoms with Gasteiger partial charge in [0.05, 0.1) is 0 Å². The minimum Gasteiger partial charge on any atom is -0.357 e. The Balaban J connectivity index is 1.44. The van der Waals surface area contributed by atoms with Gasteiger partial charge in [-0.25, -0.2) is 4.98 Å². The van der Waals surface area contributed by atoms with Gasteiger partial charge in [0.15, 0.2) is 5.78 Å². The van der Waals surface area contributed by atoms with Crippen molar-refractivity contribution in [2.24, 2.45) is 0 Å². The van der Waals surface area contributed by atoms with Crippen LogP contribution < -0.4 is 5.32 Å². The number of Topliss-reactive ketones (excluding diaryl/α,β-unsaturated/α-hetero) is 1. The fourth-order valence-corrected chi connectivity index (χ4v) is 4.15. The zero-order valence-corrected chi connectivity index (χ0v) is 19.8. The van der Waals surface area contributed by atoms with Gasteiger partial charge in [0, 0.05) is 46.9 Å². The largest absolute Gasteiger partial charge is 0.357 e. The number of anilines is 1. The third-order valence-electron chi connectivity index (χ3n) is 5.73. The quantitative estimate of drug-likeness (QED) is 0.269. The van der Waals surface area contributed by atoms with E-state index in [9.17, 15) is 9.59 Å². The van der Waals surface area contributed by atoms with Gasteiger partial charge in [0.2, 0.25) is 0 Å². The predicted molar refractivity (Wildman–Crippen MR) is 133 cm³/mol. The van der Waals surface area contributed by atoms with E-state index >= 15 is 0 Å². The molecule has 0 unspecified atom stereocenters. The average Bonchev–Trinajstić information content (AvgIpc) is 2.86. The summed E-state index contributed by atoms with van der Waals surface area (Å²) >= 11 is 3.32. The van der Waals surface area contributed by atoms with Crippen LogP contribution in [-0.4, -0.2) is 40.5 Å². The molecule has 2 N–H and O–H groups in total. The zero-order valence-electron chi connectivity index (χ0n) is 18.2. The molecule has 0 saturated carbocycles. The Hall–Kier alpha value is -3.32. The van der Waals surface area contributed by atoms with E-state index in [0.717, 1.165) is 36.0 Å². The minimum atomic E-state index is -0.307. The molecule has 2 heterocycles. The van der Waals surface area contributed by atoms with Crippen molar-refractivity contribution < 1.29 is 9.59 Å². The lowest BCUT2D eigenvalue weighted by atomic mass is 9.97. The van der Waals surface area contributed by atoms with Crippen LogP contribution in [-0.2, 0) is 6.42 Å². The summed E-state index contributed by atoms with van der Waals surface area (Å²) in [6.07, 6.45) is 5.17. The van der Waals surface area contributed by atoms with Gasteiger partial charge in [0.25, 0.3) is 5.91 Å². The van der Waals surface area contributed by atoms with Crippen molar-refractivity contribution in [3.05, 3.63) is 93.6 Å². The predicted octanol–water partition coefficient (Wildman–Crippen LogP) is 5.33. The Morgan fingerprint density at radius 3 is 2.33 bits per heavy atom. The van der Waals surface area contributed by atoms with Crippen LogP contribution in [0.2, 0.25) is 0 Å². The molecule has 1 amide bonds. The summed E-state index contributed by atoms with van der Waals surface area (Å²) in [6, 6.07) is 17.8. The van der Waals surface area contributed by atoms with Crippen LogP contribution in [0.25, 0.3) is 0 Å². The smallest absolute Gasteiger partial charge is 0.257 e. The monoisotopic (exact) mass is 504 g/mol. The van der Waals surface area contributed by atoms with Crippen molar-refractivity contribution in [3.8, 4) is 0 Å². The van der Waals surface area contributed by atoms with Crippen molar-refractivity contribution in [1.29, 1.82) is 5.41 Å². The Kier molecular flexibility index (Phi) is 7.29. The molecule has 0 spiro atoms.